The fraction of sp³-hybridized carbons (Fsp3) is 0.733. The van der Waals surface area contributed by atoms with Crippen LogP contribution in [0.4, 0.5) is 0 Å². The summed E-state index contributed by atoms with van der Waals surface area (Å²) in [4.78, 5) is 19.1. The first-order valence-corrected chi connectivity index (χ1v) is 6.93. The van der Waals surface area contributed by atoms with Gasteiger partial charge in [-0.15, -0.1) is 0 Å². The highest BCUT2D eigenvalue weighted by atomic mass is 16.1. The second-order valence-electron chi connectivity index (χ2n) is 6.55. The fourth-order valence-electron chi connectivity index (χ4n) is 2.01. The normalized spacial score (nSPS) is 15.3. The smallest absolute Gasteiger partial charge is 0.255 e. The molecular weight excluding hydrogens is 238 g/mol. The summed E-state index contributed by atoms with van der Waals surface area (Å²) in [5.41, 5.74) is 1.78. The lowest BCUT2D eigenvalue weighted by atomic mass is 9.82. The number of aryl methyl sites for hydroxylation is 2. The van der Waals surface area contributed by atoms with Crippen molar-refractivity contribution in [1.29, 1.82) is 0 Å². The number of hydrogen-bond acceptors (Lipinski definition) is 3. The van der Waals surface area contributed by atoms with E-state index in [4.69, 9.17) is 0 Å². The number of aromatic amines is 1. The third kappa shape index (κ3) is 4.16. The molecule has 0 fully saturated rings. The van der Waals surface area contributed by atoms with Crippen molar-refractivity contribution in [1.82, 2.24) is 15.3 Å². The molecule has 4 heteroatoms. The largest absolute Gasteiger partial charge is 0.310 e. The van der Waals surface area contributed by atoms with E-state index in [9.17, 15) is 4.79 Å². The van der Waals surface area contributed by atoms with Gasteiger partial charge in [-0.1, -0.05) is 27.7 Å². The van der Waals surface area contributed by atoms with Crippen molar-refractivity contribution in [3.05, 3.63) is 27.4 Å². The molecule has 19 heavy (non-hydrogen) atoms. The molecule has 0 aliphatic heterocycles. The van der Waals surface area contributed by atoms with E-state index < -0.39 is 0 Å². The summed E-state index contributed by atoms with van der Waals surface area (Å²) in [6.45, 7) is 15.5. The molecule has 0 saturated carbocycles. The average molecular weight is 265 g/mol. The maximum Gasteiger partial charge on any atom is 0.255 e. The van der Waals surface area contributed by atoms with Crippen LogP contribution in [-0.2, 0) is 0 Å². The lowest BCUT2D eigenvalue weighted by molar-refractivity contribution is 0.246. The molecule has 0 saturated heterocycles. The highest BCUT2D eigenvalue weighted by Gasteiger charge is 2.21. The van der Waals surface area contributed by atoms with Crippen LogP contribution in [0.15, 0.2) is 4.79 Å². The molecule has 1 heterocycles. The predicted octanol–water partition coefficient (Wildman–Crippen LogP) is 2.72. The minimum atomic E-state index is -0.0339. The fourth-order valence-corrected chi connectivity index (χ4v) is 2.01. The molecular formula is C15H27N3O. The van der Waals surface area contributed by atoms with Crippen LogP contribution in [-0.4, -0.2) is 16.5 Å². The van der Waals surface area contributed by atoms with Gasteiger partial charge < -0.3 is 10.3 Å². The minimum Gasteiger partial charge on any atom is -0.310 e. The molecule has 1 aromatic heterocycles. The first-order chi connectivity index (χ1) is 8.62. The van der Waals surface area contributed by atoms with Crippen LogP contribution < -0.4 is 10.9 Å². The van der Waals surface area contributed by atoms with E-state index in [-0.39, 0.29) is 17.0 Å². The molecule has 0 amide bonds. The van der Waals surface area contributed by atoms with E-state index in [2.05, 4.69) is 43.0 Å². The molecule has 1 rings (SSSR count). The van der Waals surface area contributed by atoms with Gasteiger partial charge in [0, 0.05) is 11.7 Å². The average Bonchev–Trinajstić information content (AvgIpc) is 2.22. The summed E-state index contributed by atoms with van der Waals surface area (Å²) in [6.07, 6.45) is 0. The molecule has 0 aromatic carbocycles. The molecule has 2 N–H and O–H groups in total. The van der Waals surface area contributed by atoms with Crippen molar-refractivity contribution in [3.8, 4) is 0 Å². The zero-order chi connectivity index (χ0) is 14.8. The number of nitrogens with zero attached hydrogens (tertiary/aromatic N) is 1. The van der Waals surface area contributed by atoms with Gasteiger partial charge >= 0.3 is 0 Å². The molecule has 1 aromatic rings. The van der Waals surface area contributed by atoms with Crippen LogP contribution in [0.5, 0.6) is 0 Å². The van der Waals surface area contributed by atoms with Crippen LogP contribution in [0.1, 0.15) is 57.7 Å². The summed E-state index contributed by atoms with van der Waals surface area (Å²) in [5.74, 6) is 1.20. The van der Waals surface area contributed by atoms with Gasteiger partial charge in [0.15, 0.2) is 0 Å². The lowest BCUT2D eigenvalue weighted by Crippen LogP contribution is -2.34. The zero-order valence-electron chi connectivity index (χ0n) is 13.2. The van der Waals surface area contributed by atoms with Gasteiger partial charge in [-0.2, -0.15) is 0 Å². The molecule has 4 nitrogen and oxygen atoms in total. The maximum absolute atomic E-state index is 12.0. The molecule has 2 unspecified atom stereocenters. The van der Waals surface area contributed by atoms with Crippen molar-refractivity contribution in [2.45, 2.75) is 54.5 Å². The number of nitrogens with one attached hydrogen (secondary N) is 2. The van der Waals surface area contributed by atoms with Crippen LogP contribution in [0, 0.1) is 25.2 Å². The predicted molar refractivity (Wildman–Crippen MR) is 79.4 cm³/mol. The number of aromatic nitrogens is 2. The van der Waals surface area contributed by atoms with Crippen molar-refractivity contribution in [2.75, 3.05) is 6.54 Å². The van der Waals surface area contributed by atoms with Gasteiger partial charge in [0.25, 0.3) is 5.56 Å². The molecule has 2 atom stereocenters. The van der Waals surface area contributed by atoms with Gasteiger partial charge in [-0.25, -0.2) is 4.98 Å². The van der Waals surface area contributed by atoms with E-state index >= 15 is 0 Å². The highest BCUT2D eigenvalue weighted by molar-refractivity contribution is 5.19. The van der Waals surface area contributed by atoms with Crippen molar-refractivity contribution in [3.63, 3.8) is 0 Å². The quantitative estimate of drug-likeness (QED) is 0.880. The van der Waals surface area contributed by atoms with Gasteiger partial charge in [0.2, 0.25) is 0 Å². The van der Waals surface area contributed by atoms with Gasteiger partial charge in [0.1, 0.15) is 5.82 Å². The summed E-state index contributed by atoms with van der Waals surface area (Å²) in [7, 11) is 0. The molecule has 108 valence electrons. The van der Waals surface area contributed by atoms with Crippen LogP contribution in [0.3, 0.4) is 0 Å². The van der Waals surface area contributed by atoms with Crippen molar-refractivity contribution >= 4 is 0 Å². The van der Waals surface area contributed by atoms with Crippen LogP contribution in [0.2, 0.25) is 0 Å². The Bertz CT molecular complexity index is 485. The first kappa shape index (κ1) is 15.9. The van der Waals surface area contributed by atoms with Crippen molar-refractivity contribution < 1.29 is 0 Å². The number of rotatable bonds is 4. The molecule has 0 aliphatic carbocycles. The summed E-state index contributed by atoms with van der Waals surface area (Å²) in [6, 6.07) is 0.0154. The zero-order valence-corrected chi connectivity index (χ0v) is 13.2. The molecule has 0 aliphatic rings. The van der Waals surface area contributed by atoms with E-state index in [0.29, 0.717) is 11.7 Å². The Hall–Kier alpha value is -1.16. The Kier molecular flexibility index (Phi) is 4.91. The topological polar surface area (TPSA) is 57.8 Å². The second kappa shape index (κ2) is 5.87. The standard InChI is InChI=1S/C15H27N3O/c1-9(15(5,6)7)8-16-10(2)13-11(3)17-12(4)18-14(13)19/h9-10,16H,8H2,1-7H3,(H,17,18,19). The molecule has 0 bridgehead atoms. The SMILES string of the molecule is Cc1nc(C)c(C(C)NCC(C)C(C)(C)C)c(=O)[nH]1. The Labute approximate surface area is 116 Å². The number of H-pyrrole nitrogens is 1. The second-order valence-corrected chi connectivity index (χ2v) is 6.55. The minimum absolute atomic E-state index is 0.0154. The van der Waals surface area contributed by atoms with E-state index in [0.717, 1.165) is 17.8 Å². The van der Waals surface area contributed by atoms with E-state index in [1.54, 1.807) is 6.92 Å². The summed E-state index contributed by atoms with van der Waals surface area (Å²) >= 11 is 0. The Morgan fingerprint density at radius 3 is 2.32 bits per heavy atom. The van der Waals surface area contributed by atoms with Gasteiger partial charge in [0.05, 0.1) is 5.56 Å². The van der Waals surface area contributed by atoms with Crippen LogP contribution in [0.25, 0.3) is 0 Å². The Morgan fingerprint density at radius 1 is 1.26 bits per heavy atom. The van der Waals surface area contributed by atoms with E-state index in [1.165, 1.54) is 0 Å². The van der Waals surface area contributed by atoms with E-state index in [1.807, 2.05) is 13.8 Å². The highest BCUT2D eigenvalue weighted by Crippen LogP contribution is 2.25. The summed E-state index contributed by atoms with van der Waals surface area (Å²) in [5, 5.41) is 3.45. The molecule has 0 spiro atoms. The van der Waals surface area contributed by atoms with Gasteiger partial charge in [-0.05, 0) is 38.6 Å². The Balaban J connectivity index is 2.80. The third-order valence-corrected chi connectivity index (χ3v) is 3.91. The lowest BCUT2D eigenvalue weighted by Gasteiger charge is -2.29. The Morgan fingerprint density at radius 2 is 1.84 bits per heavy atom. The van der Waals surface area contributed by atoms with Gasteiger partial charge in [-0.3, -0.25) is 4.79 Å². The third-order valence-electron chi connectivity index (χ3n) is 3.91. The van der Waals surface area contributed by atoms with Crippen LogP contribution >= 0.6 is 0 Å². The summed E-state index contributed by atoms with van der Waals surface area (Å²) < 4.78 is 0. The number of hydrogen-bond donors (Lipinski definition) is 2. The maximum atomic E-state index is 12.0. The van der Waals surface area contributed by atoms with Crippen molar-refractivity contribution in [2.24, 2.45) is 11.3 Å². The first-order valence-electron chi connectivity index (χ1n) is 6.93. The monoisotopic (exact) mass is 265 g/mol. The molecule has 0 radical (unpaired) electrons.